The lowest BCUT2D eigenvalue weighted by molar-refractivity contribution is -0.140. The van der Waals surface area contributed by atoms with E-state index in [1.165, 1.54) is 10.8 Å². The number of carbonyl (C=O) groups excluding carboxylic acids is 2. The number of carbonyl (C=O) groups is 2. The predicted octanol–water partition coefficient (Wildman–Crippen LogP) is 0.288. The molecule has 8 nitrogen and oxygen atoms in total. The molecule has 0 N–H and O–H groups in total. The van der Waals surface area contributed by atoms with E-state index in [4.69, 9.17) is 0 Å². The second kappa shape index (κ2) is 7.30. The Kier molecular flexibility index (Phi) is 4.70. The number of pyridine rings is 1. The van der Waals surface area contributed by atoms with Crippen LogP contribution in [0.25, 0.3) is 0 Å². The minimum absolute atomic E-state index is 0.0205. The third-order valence-corrected chi connectivity index (χ3v) is 5.29. The van der Waals surface area contributed by atoms with Gasteiger partial charge in [-0.15, -0.1) is 0 Å². The van der Waals surface area contributed by atoms with Gasteiger partial charge in [-0.05, 0) is 31.0 Å². The van der Waals surface area contributed by atoms with E-state index in [-0.39, 0.29) is 30.3 Å². The normalized spacial score (nSPS) is 22.0. The van der Waals surface area contributed by atoms with E-state index in [2.05, 4.69) is 9.97 Å². The maximum absolute atomic E-state index is 12.9. The van der Waals surface area contributed by atoms with Crippen molar-refractivity contribution in [2.45, 2.75) is 32.0 Å². The van der Waals surface area contributed by atoms with Crippen molar-refractivity contribution < 1.29 is 9.59 Å². The van der Waals surface area contributed by atoms with Gasteiger partial charge in [0.05, 0.1) is 18.2 Å². The van der Waals surface area contributed by atoms with Gasteiger partial charge in [0, 0.05) is 37.7 Å². The van der Waals surface area contributed by atoms with E-state index in [0.29, 0.717) is 19.6 Å². The molecule has 2 bridgehead atoms. The summed E-state index contributed by atoms with van der Waals surface area (Å²) in [4.78, 5) is 49.0. The van der Waals surface area contributed by atoms with Crippen molar-refractivity contribution in [3.63, 3.8) is 0 Å². The van der Waals surface area contributed by atoms with Crippen molar-refractivity contribution in [2.75, 3.05) is 13.1 Å². The second-order valence-electron chi connectivity index (χ2n) is 7.04. The summed E-state index contributed by atoms with van der Waals surface area (Å²) in [6, 6.07) is 7.26. The van der Waals surface area contributed by atoms with Gasteiger partial charge in [-0.1, -0.05) is 6.07 Å². The number of hydrogen-bond acceptors (Lipinski definition) is 5. The van der Waals surface area contributed by atoms with Crippen molar-refractivity contribution in [1.29, 1.82) is 0 Å². The Balaban J connectivity index is 1.50. The minimum Gasteiger partial charge on any atom is -0.338 e. The van der Waals surface area contributed by atoms with Gasteiger partial charge in [-0.25, -0.2) is 9.78 Å². The molecule has 2 amide bonds. The first-order valence-corrected chi connectivity index (χ1v) is 9.11. The monoisotopic (exact) mass is 367 g/mol. The van der Waals surface area contributed by atoms with E-state index in [9.17, 15) is 14.4 Å². The summed E-state index contributed by atoms with van der Waals surface area (Å²) in [5, 5.41) is 0. The van der Waals surface area contributed by atoms with E-state index in [0.717, 1.165) is 18.5 Å². The average molecular weight is 367 g/mol. The van der Waals surface area contributed by atoms with Crippen LogP contribution in [0, 0.1) is 5.92 Å². The molecular weight excluding hydrogens is 346 g/mol. The Hall–Kier alpha value is -3.03. The van der Waals surface area contributed by atoms with Gasteiger partial charge in [0.1, 0.15) is 6.54 Å². The highest BCUT2D eigenvalue weighted by Gasteiger charge is 2.41. The van der Waals surface area contributed by atoms with Crippen LogP contribution in [0.15, 0.2) is 47.7 Å². The summed E-state index contributed by atoms with van der Waals surface area (Å²) in [6.45, 7) is 1.30. The Morgan fingerprint density at radius 1 is 1.07 bits per heavy atom. The molecule has 3 aliphatic rings. The third-order valence-electron chi connectivity index (χ3n) is 5.29. The van der Waals surface area contributed by atoms with Gasteiger partial charge in [-0.2, -0.15) is 0 Å². The van der Waals surface area contributed by atoms with E-state index in [1.54, 1.807) is 23.4 Å². The zero-order valence-electron chi connectivity index (χ0n) is 14.9. The molecule has 0 radical (unpaired) electrons. The van der Waals surface area contributed by atoms with Gasteiger partial charge in [0.2, 0.25) is 11.8 Å². The molecule has 3 fully saturated rings. The molecule has 0 spiro atoms. The fourth-order valence-electron chi connectivity index (χ4n) is 3.87. The lowest BCUT2D eigenvalue weighted by Crippen LogP contribution is -2.47. The van der Waals surface area contributed by atoms with Crippen LogP contribution in [0.4, 0.5) is 0 Å². The molecule has 2 aromatic rings. The first-order valence-electron chi connectivity index (χ1n) is 9.11. The Labute approximate surface area is 156 Å². The molecule has 140 valence electrons. The number of nitrogens with zero attached hydrogens (tertiary/aromatic N) is 5. The second-order valence-corrected chi connectivity index (χ2v) is 7.04. The summed E-state index contributed by atoms with van der Waals surface area (Å²) in [5.41, 5.74) is 0.398. The molecule has 5 heterocycles. The smallest absolute Gasteiger partial charge is 0.338 e. The van der Waals surface area contributed by atoms with Gasteiger partial charge in [0.15, 0.2) is 0 Å². The number of fused-ring (bicyclic) bond motifs is 4. The van der Waals surface area contributed by atoms with Crippen molar-refractivity contribution in [2.24, 2.45) is 5.92 Å². The van der Waals surface area contributed by atoms with Gasteiger partial charge in [0.25, 0.3) is 0 Å². The van der Waals surface area contributed by atoms with Crippen LogP contribution in [0.5, 0.6) is 0 Å². The summed E-state index contributed by atoms with van der Waals surface area (Å²) < 4.78 is 1.29. The molecule has 0 saturated carbocycles. The summed E-state index contributed by atoms with van der Waals surface area (Å²) >= 11 is 0. The number of aromatic nitrogens is 3. The van der Waals surface area contributed by atoms with Crippen LogP contribution in [-0.4, -0.2) is 55.3 Å². The number of rotatable bonds is 4. The van der Waals surface area contributed by atoms with E-state index in [1.807, 2.05) is 23.1 Å². The SMILES string of the molecule is O=C(Cn1cccnc1=O)N1C[C@@H]2CC[C@H](C1)N(Cc1ccccn1)C2=O. The van der Waals surface area contributed by atoms with Gasteiger partial charge >= 0.3 is 5.69 Å². The molecule has 0 aliphatic carbocycles. The van der Waals surface area contributed by atoms with Gasteiger partial charge in [-0.3, -0.25) is 19.1 Å². The topological polar surface area (TPSA) is 88.4 Å². The zero-order chi connectivity index (χ0) is 18.8. The number of amides is 2. The van der Waals surface area contributed by atoms with Crippen molar-refractivity contribution in [1.82, 2.24) is 24.3 Å². The standard InChI is InChI=1S/C19H21N5O3/c25-17(13-22-9-3-8-21-19(22)27)23-10-14-5-6-16(12-23)24(18(14)26)11-15-4-1-2-7-20-15/h1-4,7-9,14,16H,5-6,10-13H2/t14-,16+/m0/s1. The Bertz CT molecular complexity index is 897. The maximum atomic E-state index is 12.9. The van der Waals surface area contributed by atoms with Crippen molar-refractivity contribution >= 4 is 11.8 Å². The molecule has 0 aromatic carbocycles. The Morgan fingerprint density at radius 2 is 1.93 bits per heavy atom. The minimum atomic E-state index is -0.448. The largest absolute Gasteiger partial charge is 0.347 e. The molecule has 3 saturated heterocycles. The summed E-state index contributed by atoms with van der Waals surface area (Å²) in [7, 11) is 0. The molecule has 2 atom stereocenters. The molecule has 2 aromatic heterocycles. The van der Waals surface area contributed by atoms with E-state index >= 15 is 0 Å². The quantitative estimate of drug-likeness (QED) is 0.775. The van der Waals surface area contributed by atoms with Crippen LogP contribution in [0.2, 0.25) is 0 Å². The van der Waals surface area contributed by atoms with Crippen LogP contribution >= 0.6 is 0 Å². The molecule has 5 rings (SSSR count). The lowest BCUT2D eigenvalue weighted by atomic mass is 9.94. The summed E-state index contributed by atoms with van der Waals surface area (Å²) in [6.07, 6.45) is 6.35. The molecule has 27 heavy (non-hydrogen) atoms. The van der Waals surface area contributed by atoms with Crippen LogP contribution < -0.4 is 5.69 Å². The Morgan fingerprint density at radius 3 is 2.70 bits per heavy atom. The molecule has 3 aliphatic heterocycles. The third kappa shape index (κ3) is 3.60. The lowest BCUT2D eigenvalue weighted by Gasteiger charge is -2.35. The predicted molar refractivity (Wildman–Crippen MR) is 96.4 cm³/mol. The first-order chi connectivity index (χ1) is 13.1. The fraction of sp³-hybridized carbons (Fsp3) is 0.421. The van der Waals surface area contributed by atoms with Crippen molar-refractivity contribution in [3.05, 3.63) is 59.0 Å². The molecule has 8 heteroatoms. The zero-order valence-corrected chi connectivity index (χ0v) is 14.9. The number of hydrogen-bond donors (Lipinski definition) is 0. The molecule has 0 unspecified atom stereocenters. The fourth-order valence-corrected chi connectivity index (χ4v) is 3.87. The summed E-state index contributed by atoms with van der Waals surface area (Å²) in [5.74, 6) is -0.262. The van der Waals surface area contributed by atoms with Crippen molar-refractivity contribution in [3.8, 4) is 0 Å². The molecular formula is C19H21N5O3. The van der Waals surface area contributed by atoms with E-state index < -0.39 is 5.69 Å². The highest BCUT2D eigenvalue weighted by Crippen LogP contribution is 2.30. The van der Waals surface area contributed by atoms with Crippen LogP contribution in [0.1, 0.15) is 18.5 Å². The highest BCUT2D eigenvalue weighted by atomic mass is 16.2. The highest BCUT2D eigenvalue weighted by molar-refractivity contribution is 5.83. The maximum Gasteiger partial charge on any atom is 0.347 e. The number of piperidine rings is 1. The first kappa shape index (κ1) is 17.4. The van der Waals surface area contributed by atoms with Gasteiger partial charge < -0.3 is 9.80 Å². The average Bonchev–Trinajstić information content (AvgIpc) is 2.97. The van der Waals surface area contributed by atoms with Crippen LogP contribution in [-0.2, 0) is 22.7 Å². The van der Waals surface area contributed by atoms with Crippen LogP contribution in [0.3, 0.4) is 0 Å².